The SMILES string of the molecule is CC(C)(C)c1ccc(-c2cc(COC(=O)C3=CC=CC3)on2)cc1. The number of rotatable bonds is 4. The minimum atomic E-state index is -0.313. The number of ether oxygens (including phenoxy) is 1. The first kappa shape index (κ1) is 16.2. The highest BCUT2D eigenvalue weighted by Gasteiger charge is 2.15. The molecule has 0 radical (unpaired) electrons. The van der Waals surface area contributed by atoms with E-state index in [1.807, 2.05) is 24.3 Å². The summed E-state index contributed by atoms with van der Waals surface area (Å²) < 4.78 is 10.5. The molecule has 1 aromatic carbocycles. The Kier molecular flexibility index (Phi) is 4.38. The van der Waals surface area contributed by atoms with Gasteiger partial charge >= 0.3 is 5.97 Å². The van der Waals surface area contributed by atoms with Gasteiger partial charge in [-0.25, -0.2) is 4.79 Å². The van der Waals surface area contributed by atoms with Crippen molar-refractivity contribution in [2.24, 2.45) is 0 Å². The number of nitrogens with zero attached hydrogens (tertiary/aromatic N) is 1. The topological polar surface area (TPSA) is 52.3 Å². The second kappa shape index (κ2) is 6.48. The Bertz CT molecular complexity index is 789. The molecule has 0 spiro atoms. The molecule has 2 aromatic rings. The van der Waals surface area contributed by atoms with E-state index in [1.54, 1.807) is 12.1 Å². The highest BCUT2D eigenvalue weighted by molar-refractivity contribution is 5.89. The highest BCUT2D eigenvalue weighted by atomic mass is 16.5. The van der Waals surface area contributed by atoms with Crippen molar-refractivity contribution >= 4 is 5.97 Å². The van der Waals surface area contributed by atoms with Crippen molar-refractivity contribution in [3.63, 3.8) is 0 Å². The van der Waals surface area contributed by atoms with E-state index >= 15 is 0 Å². The number of aromatic nitrogens is 1. The van der Waals surface area contributed by atoms with Crippen LogP contribution in [0.2, 0.25) is 0 Å². The zero-order valence-corrected chi connectivity index (χ0v) is 14.2. The van der Waals surface area contributed by atoms with Gasteiger partial charge in [-0.2, -0.15) is 0 Å². The van der Waals surface area contributed by atoms with Crippen molar-refractivity contribution in [1.29, 1.82) is 0 Å². The van der Waals surface area contributed by atoms with E-state index in [4.69, 9.17) is 9.26 Å². The fraction of sp³-hybridized carbons (Fsp3) is 0.300. The van der Waals surface area contributed by atoms with E-state index in [9.17, 15) is 4.79 Å². The van der Waals surface area contributed by atoms with Gasteiger partial charge in [-0.15, -0.1) is 0 Å². The predicted octanol–water partition coefficient (Wildman–Crippen LogP) is 4.57. The number of hydrogen-bond acceptors (Lipinski definition) is 4. The lowest BCUT2D eigenvalue weighted by Gasteiger charge is -2.18. The molecule has 0 saturated heterocycles. The molecule has 0 saturated carbocycles. The fourth-order valence-electron chi connectivity index (χ4n) is 2.49. The van der Waals surface area contributed by atoms with Crippen LogP contribution >= 0.6 is 0 Å². The molecular weight excluding hydrogens is 302 g/mol. The van der Waals surface area contributed by atoms with Crippen LogP contribution in [0.25, 0.3) is 11.3 Å². The van der Waals surface area contributed by atoms with E-state index in [0.29, 0.717) is 17.8 Å². The predicted molar refractivity (Wildman–Crippen MR) is 92.3 cm³/mol. The molecule has 0 N–H and O–H groups in total. The van der Waals surface area contributed by atoms with Crippen LogP contribution in [0.1, 0.15) is 38.5 Å². The molecule has 1 aliphatic rings. The van der Waals surface area contributed by atoms with Crippen molar-refractivity contribution in [1.82, 2.24) is 5.16 Å². The summed E-state index contributed by atoms with van der Waals surface area (Å²) >= 11 is 0. The number of carbonyl (C=O) groups excluding carboxylic acids is 1. The normalized spacial score (nSPS) is 13.9. The van der Waals surface area contributed by atoms with Crippen LogP contribution in [0.5, 0.6) is 0 Å². The van der Waals surface area contributed by atoms with Crippen LogP contribution in [0.4, 0.5) is 0 Å². The highest BCUT2D eigenvalue weighted by Crippen LogP contribution is 2.26. The third kappa shape index (κ3) is 3.65. The Morgan fingerprint density at radius 2 is 2.00 bits per heavy atom. The number of hydrogen-bond donors (Lipinski definition) is 0. The standard InChI is InChI=1S/C20H21NO3/c1-20(2,3)16-10-8-14(9-11-16)18-12-17(24-21-18)13-23-19(22)15-6-4-5-7-15/h4-6,8-12H,7,13H2,1-3H3. The van der Waals surface area contributed by atoms with Gasteiger partial charge in [-0.05, 0) is 17.4 Å². The number of carbonyl (C=O) groups is 1. The molecule has 0 unspecified atom stereocenters. The Balaban J connectivity index is 1.64. The average molecular weight is 323 g/mol. The summed E-state index contributed by atoms with van der Waals surface area (Å²) in [7, 11) is 0. The Hall–Kier alpha value is -2.62. The van der Waals surface area contributed by atoms with Crippen molar-refractivity contribution in [3.05, 3.63) is 65.5 Å². The van der Waals surface area contributed by atoms with Crippen LogP contribution in [0.3, 0.4) is 0 Å². The minimum Gasteiger partial charge on any atom is -0.454 e. The largest absolute Gasteiger partial charge is 0.454 e. The molecule has 0 amide bonds. The first-order valence-corrected chi connectivity index (χ1v) is 8.03. The Morgan fingerprint density at radius 3 is 2.62 bits per heavy atom. The van der Waals surface area contributed by atoms with Crippen LogP contribution in [0.15, 0.2) is 58.7 Å². The summed E-state index contributed by atoms with van der Waals surface area (Å²) in [5.74, 6) is 0.220. The van der Waals surface area contributed by atoms with Crippen LogP contribution < -0.4 is 0 Å². The third-order valence-electron chi connectivity index (χ3n) is 3.98. The molecule has 0 bridgehead atoms. The maximum atomic E-state index is 11.8. The second-order valence-electron chi connectivity index (χ2n) is 6.91. The summed E-state index contributed by atoms with van der Waals surface area (Å²) in [6, 6.07) is 10.1. The quantitative estimate of drug-likeness (QED) is 0.774. The van der Waals surface area contributed by atoms with Gasteiger partial charge in [0.05, 0.1) is 0 Å². The van der Waals surface area contributed by atoms with E-state index in [0.717, 1.165) is 11.3 Å². The van der Waals surface area contributed by atoms with E-state index in [-0.39, 0.29) is 18.0 Å². The summed E-state index contributed by atoms with van der Waals surface area (Å²) in [6.07, 6.45) is 6.17. The van der Waals surface area contributed by atoms with Gasteiger partial charge in [-0.1, -0.05) is 68.4 Å². The molecule has 0 aliphatic heterocycles. The summed E-state index contributed by atoms with van der Waals surface area (Å²) in [6.45, 7) is 6.63. The number of benzene rings is 1. The van der Waals surface area contributed by atoms with Crippen molar-refractivity contribution in [2.75, 3.05) is 0 Å². The van der Waals surface area contributed by atoms with Gasteiger partial charge in [0, 0.05) is 17.2 Å². The third-order valence-corrected chi connectivity index (χ3v) is 3.98. The summed E-state index contributed by atoms with van der Waals surface area (Å²) in [5, 5.41) is 4.06. The molecule has 24 heavy (non-hydrogen) atoms. The number of allylic oxidation sites excluding steroid dienone is 3. The molecular formula is C20H21NO3. The van der Waals surface area contributed by atoms with E-state index in [1.165, 1.54) is 5.56 Å². The fourth-order valence-corrected chi connectivity index (χ4v) is 2.49. The lowest BCUT2D eigenvalue weighted by molar-refractivity contribution is -0.140. The van der Waals surface area contributed by atoms with Gasteiger partial charge < -0.3 is 9.26 Å². The maximum Gasteiger partial charge on any atom is 0.334 e. The molecule has 3 rings (SSSR count). The van der Waals surface area contributed by atoms with E-state index < -0.39 is 0 Å². The average Bonchev–Trinajstić information content (AvgIpc) is 3.23. The molecule has 4 heteroatoms. The van der Waals surface area contributed by atoms with Crippen LogP contribution in [0, 0.1) is 0 Å². The van der Waals surface area contributed by atoms with Crippen molar-refractivity contribution in [3.8, 4) is 11.3 Å². The Labute approximate surface area is 141 Å². The summed E-state index contributed by atoms with van der Waals surface area (Å²) in [5.41, 5.74) is 3.76. The van der Waals surface area contributed by atoms with Crippen molar-refractivity contribution in [2.45, 2.75) is 39.2 Å². The van der Waals surface area contributed by atoms with Crippen LogP contribution in [-0.4, -0.2) is 11.1 Å². The van der Waals surface area contributed by atoms with Gasteiger partial charge in [0.25, 0.3) is 0 Å². The molecule has 1 aromatic heterocycles. The second-order valence-corrected chi connectivity index (χ2v) is 6.91. The molecule has 124 valence electrons. The minimum absolute atomic E-state index is 0.0866. The van der Waals surface area contributed by atoms with Gasteiger partial charge in [0.15, 0.2) is 12.4 Å². The van der Waals surface area contributed by atoms with Gasteiger partial charge in [0.1, 0.15) is 5.69 Å². The molecule has 1 heterocycles. The molecule has 1 aliphatic carbocycles. The van der Waals surface area contributed by atoms with Crippen LogP contribution in [-0.2, 0) is 21.6 Å². The van der Waals surface area contributed by atoms with Gasteiger partial charge in [-0.3, -0.25) is 0 Å². The van der Waals surface area contributed by atoms with Crippen molar-refractivity contribution < 1.29 is 14.1 Å². The zero-order chi connectivity index (χ0) is 17.2. The van der Waals surface area contributed by atoms with Gasteiger partial charge in [0.2, 0.25) is 0 Å². The Morgan fingerprint density at radius 1 is 1.25 bits per heavy atom. The first-order chi connectivity index (χ1) is 11.4. The monoisotopic (exact) mass is 323 g/mol. The molecule has 0 atom stereocenters. The lowest BCUT2D eigenvalue weighted by Crippen LogP contribution is -2.10. The number of esters is 1. The van der Waals surface area contributed by atoms with E-state index in [2.05, 4.69) is 38.1 Å². The maximum absolute atomic E-state index is 11.8. The molecule has 4 nitrogen and oxygen atoms in total. The summed E-state index contributed by atoms with van der Waals surface area (Å²) in [4.78, 5) is 11.8. The first-order valence-electron chi connectivity index (χ1n) is 8.03. The lowest BCUT2D eigenvalue weighted by atomic mass is 9.86. The smallest absolute Gasteiger partial charge is 0.334 e. The zero-order valence-electron chi connectivity index (χ0n) is 14.2. The molecule has 0 fully saturated rings.